The fourth-order valence-corrected chi connectivity index (χ4v) is 2.70. The average molecular weight is 282 g/mol. The number of nitrogens with zero attached hydrogens (tertiary/aromatic N) is 3. The number of hydrogen-bond acceptors (Lipinski definition) is 2. The molecule has 4 aromatic rings. The predicted molar refractivity (Wildman–Crippen MR) is 76.7 cm³/mol. The van der Waals surface area contributed by atoms with Crippen molar-refractivity contribution in [2.75, 3.05) is 0 Å². The highest BCUT2D eigenvalue weighted by Crippen LogP contribution is 2.30. The van der Waals surface area contributed by atoms with Gasteiger partial charge in [0.05, 0.1) is 6.20 Å². The van der Waals surface area contributed by atoms with Gasteiger partial charge in [-0.25, -0.2) is 0 Å². The number of halogens is 1. The van der Waals surface area contributed by atoms with Crippen LogP contribution in [-0.4, -0.2) is 9.67 Å². The van der Waals surface area contributed by atoms with E-state index in [1.807, 2.05) is 47.9 Å². The molecule has 4 rings (SSSR count). The van der Waals surface area contributed by atoms with Crippen LogP contribution in [0.4, 0.5) is 4.39 Å². The minimum atomic E-state index is -0.532. The Morgan fingerprint density at radius 1 is 1.24 bits per heavy atom. The van der Waals surface area contributed by atoms with Gasteiger partial charge >= 0.3 is 0 Å². The van der Waals surface area contributed by atoms with Crippen LogP contribution in [0.15, 0.2) is 47.1 Å². The monoisotopic (exact) mass is 282 g/mol. The highest BCUT2D eigenvalue weighted by molar-refractivity contribution is 6.04. The molecule has 0 unspecified atom stereocenters. The van der Waals surface area contributed by atoms with E-state index in [1.165, 1.54) is 6.07 Å². The highest BCUT2D eigenvalue weighted by atomic mass is 19.1. The van der Waals surface area contributed by atoms with E-state index in [0.29, 0.717) is 11.3 Å². The Morgan fingerprint density at radius 3 is 2.86 bits per heavy atom. The molecule has 1 aromatic carbocycles. The molecule has 5 heteroatoms. The van der Waals surface area contributed by atoms with Crippen molar-refractivity contribution in [1.29, 1.82) is 0 Å². The molecule has 0 radical (unpaired) electrons. The van der Waals surface area contributed by atoms with Crippen molar-refractivity contribution in [2.45, 2.75) is 6.92 Å². The van der Waals surface area contributed by atoms with Gasteiger partial charge in [0, 0.05) is 22.9 Å². The zero-order valence-electron chi connectivity index (χ0n) is 11.7. The van der Waals surface area contributed by atoms with Crippen molar-refractivity contribution in [3.8, 4) is 5.69 Å². The summed E-state index contributed by atoms with van der Waals surface area (Å²) in [6.45, 7) is 2.05. The number of aromatic nitrogens is 3. The van der Waals surface area contributed by atoms with Crippen LogP contribution in [0.25, 0.3) is 27.8 Å². The Morgan fingerprint density at radius 2 is 2.10 bits per heavy atom. The third kappa shape index (κ3) is 1.74. The third-order valence-electron chi connectivity index (χ3n) is 3.74. The summed E-state index contributed by atoms with van der Waals surface area (Å²) in [6, 6.07) is 9.05. The number of fused-ring (bicyclic) bond motifs is 3. The molecule has 0 aliphatic rings. The molecule has 3 heterocycles. The van der Waals surface area contributed by atoms with Crippen LogP contribution in [0.1, 0.15) is 5.56 Å². The van der Waals surface area contributed by atoms with Crippen molar-refractivity contribution >= 4 is 22.1 Å². The lowest BCUT2D eigenvalue weighted by Gasteiger charge is -2.04. The predicted octanol–water partition coefficient (Wildman–Crippen LogP) is 3.04. The second kappa shape index (κ2) is 4.15. The number of benzene rings is 1. The first-order valence-corrected chi connectivity index (χ1v) is 6.66. The molecule has 0 aliphatic carbocycles. The Hall–Kier alpha value is -2.69. The van der Waals surface area contributed by atoms with Gasteiger partial charge in [0.15, 0.2) is 13.2 Å². The van der Waals surface area contributed by atoms with Crippen molar-refractivity contribution in [3.63, 3.8) is 0 Å². The first kappa shape index (κ1) is 12.1. The maximum atomic E-state index is 13.2. The zero-order valence-corrected chi connectivity index (χ0v) is 11.7. The lowest BCUT2D eigenvalue weighted by molar-refractivity contribution is -0.744. The molecule has 0 bridgehead atoms. The van der Waals surface area contributed by atoms with Gasteiger partial charge in [0.2, 0.25) is 11.7 Å². The summed E-state index contributed by atoms with van der Waals surface area (Å²) in [5.74, 6) is -0.532. The van der Waals surface area contributed by atoms with E-state index in [-0.39, 0.29) is 0 Å². The number of hydrogen-bond donors (Lipinski definition) is 0. The van der Waals surface area contributed by atoms with E-state index in [2.05, 4.69) is 11.1 Å². The summed E-state index contributed by atoms with van der Waals surface area (Å²) < 4.78 is 22.9. The summed E-state index contributed by atoms with van der Waals surface area (Å²) >= 11 is 0. The second-order valence-corrected chi connectivity index (χ2v) is 5.13. The minimum absolute atomic E-state index is 0.332. The van der Waals surface area contributed by atoms with E-state index in [4.69, 9.17) is 4.42 Å². The van der Waals surface area contributed by atoms with Gasteiger partial charge < -0.3 is 4.42 Å². The molecule has 0 atom stereocenters. The van der Waals surface area contributed by atoms with Gasteiger partial charge in [-0.15, -0.1) is 9.36 Å². The Balaban J connectivity index is 2.06. The molecule has 0 N–H and O–H groups in total. The maximum Gasteiger partial charge on any atom is 0.229 e. The number of rotatable bonds is 1. The summed E-state index contributed by atoms with van der Waals surface area (Å²) in [7, 11) is 1.97. The molecule has 0 aliphatic heterocycles. The van der Waals surface area contributed by atoms with Gasteiger partial charge in [0.25, 0.3) is 0 Å². The largest absolute Gasteiger partial charge is 0.438 e. The Labute approximate surface area is 120 Å². The normalized spacial score (nSPS) is 11.6. The number of furan rings is 1. The summed E-state index contributed by atoms with van der Waals surface area (Å²) in [6.07, 6.45) is 3.95. The summed E-state index contributed by atoms with van der Waals surface area (Å²) in [5, 5.41) is 1.78. The zero-order chi connectivity index (χ0) is 14.6. The lowest BCUT2D eigenvalue weighted by Crippen LogP contribution is -2.36. The molecular formula is C16H13FN3O+. The van der Waals surface area contributed by atoms with Crippen LogP contribution in [0.5, 0.6) is 0 Å². The molecule has 0 spiro atoms. The third-order valence-corrected chi connectivity index (χ3v) is 3.74. The van der Waals surface area contributed by atoms with Gasteiger partial charge in [-0.3, -0.25) is 0 Å². The van der Waals surface area contributed by atoms with Gasteiger partial charge in [-0.05, 0) is 30.7 Å². The first-order valence-electron chi connectivity index (χ1n) is 6.66. The van der Waals surface area contributed by atoms with E-state index < -0.39 is 5.95 Å². The minimum Gasteiger partial charge on any atom is -0.438 e. The van der Waals surface area contributed by atoms with E-state index in [9.17, 15) is 4.39 Å². The second-order valence-electron chi connectivity index (χ2n) is 5.13. The summed E-state index contributed by atoms with van der Waals surface area (Å²) in [5.41, 5.74) is 3.17. The van der Waals surface area contributed by atoms with Gasteiger partial charge in [-0.1, -0.05) is 0 Å². The Bertz CT molecular complexity index is 984. The molecular weight excluding hydrogens is 269 g/mol. The molecule has 0 saturated heterocycles. The lowest BCUT2D eigenvalue weighted by atomic mass is 10.1. The fraction of sp³-hybridized carbons (Fsp3) is 0.125. The van der Waals surface area contributed by atoms with Crippen LogP contribution in [0.2, 0.25) is 0 Å². The maximum absolute atomic E-state index is 13.2. The molecule has 21 heavy (non-hydrogen) atoms. The molecule has 4 nitrogen and oxygen atoms in total. The van der Waals surface area contributed by atoms with Crippen LogP contribution in [0.3, 0.4) is 0 Å². The van der Waals surface area contributed by atoms with Crippen molar-refractivity contribution in [2.24, 2.45) is 7.05 Å². The standard InChI is InChI=1S/C16H13FN3O/c1-10-8-12-11-4-5-15(17)18-16(11)21-14(12)9-13(10)20-7-3-6-19(20)2/h3-9H,1-2H3/q+1. The van der Waals surface area contributed by atoms with Crippen LogP contribution < -0.4 is 4.68 Å². The molecule has 3 aromatic heterocycles. The van der Waals surface area contributed by atoms with Crippen LogP contribution in [-0.2, 0) is 7.05 Å². The van der Waals surface area contributed by atoms with Crippen molar-refractivity contribution in [1.82, 2.24) is 9.67 Å². The average Bonchev–Trinajstić information content (AvgIpc) is 3.00. The molecule has 0 amide bonds. The quantitative estimate of drug-likeness (QED) is 0.397. The Kier molecular flexibility index (Phi) is 2.39. The smallest absolute Gasteiger partial charge is 0.229 e. The van der Waals surface area contributed by atoms with Crippen molar-refractivity contribution < 1.29 is 13.5 Å². The first-order chi connectivity index (χ1) is 10.1. The molecule has 0 saturated carbocycles. The molecule has 0 fully saturated rings. The van der Waals surface area contributed by atoms with Crippen molar-refractivity contribution in [3.05, 3.63) is 54.2 Å². The van der Waals surface area contributed by atoms with E-state index >= 15 is 0 Å². The SMILES string of the molecule is Cc1cc2c(cc1-n1ccc[n+]1C)oc1nc(F)ccc12. The molecule has 104 valence electrons. The van der Waals surface area contributed by atoms with Crippen LogP contribution >= 0.6 is 0 Å². The number of pyridine rings is 1. The highest BCUT2D eigenvalue weighted by Gasteiger charge is 2.15. The van der Waals surface area contributed by atoms with Crippen LogP contribution in [0, 0.1) is 12.9 Å². The topological polar surface area (TPSA) is 34.8 Å². The fourth-order valence-electron chi connectivity index (χ4n) is 2.70. The van der Waals surface area contributed by atoms with E-state index in [0.717, 1.165) is 22.0 Å². The van der Waals surface area contributed by atoms with Gasteiger partial charge in [0.1, 0.15) is 11.3 Å². The van der Waals surface area contributed by atoms with Gasteiger partial charge in [-0.2, -0.15) is 9.37 Å². The van der Waals surface area contributed by atoms with E-state index in [1.54, 1.807) is 6.07 Å². The number of aryl methyl sites for hydroxylation is 2. The summed E-state index contributed by atoms with van der Waals surface area (Å²) in [4.78, 5) is 3.81.